The second-order valence-electron chi connectivity index (χ2n) is 10.1. The van der Waals surface area contributed by atoms with Crippen molar-refractivity contribution in [1.29, 1.82) is 0 Å². The van der Waals surface area contributed by atoms with Gasteiger partial charge in [-0.25, -0.2) is 9.59 Å². The Morgan fingerprint density at radius 3 is 2.06 bits per heavy atom. The van der Waals surface area contributed by atoms with E-state index >= 15 is 0 Å². The summed E-state index contributed by atoms with van der Waals surface area (Å²) in [7, 11) is 0. The zero-order valence-corrected chi connectivity index (χ0v) is 21.0. The Labute approximate surface area is 198 Å². The highest BCUT2D eigenvalue weighted by Crippen LogP contribution is 2.23. The molecule has 0 saturated carbocycles. The molecule has 1 aliphatic heterocycles. The highest BCUT2D eigenvalue weighted by Gasteiger charge is 2.39. The molecule has 0 radical (unpaired) electrons. The summed E-state index contributed by atoms with van der Waals surface area (Å²) in [6.45, 7) is 10.6. The largest absolute Gasteiger partial charge is 0.505 e. The fraction of sp³-hybridized carbons (Fsp3) is 0.769. The first-order chi connectivity index (χ1) is 15.5. The van der Waals surface area contributed by atoms with Crippen LogP contribution >= 0.6 is 0 Å². The van der Waals surface area contributed by atoms with Crippen LogP contribution in [0.3, 0.4) is 0 Å². The van der Waals surface area contributed by atoms with Crippen LogP contribution in [0.1, 0.15) is 92.4 Å². The van der Waals surface area contributed by atoms with E-state index in [0.717, 1.165) is 36.7 Å². The van der Waals surface area contributed by atoms with E-state index in [-0.39, 0.29) is 0 Å². The molecule has 7 heteroatoms. The normalized spacial score (nSPS) is 19.5. The van der Waals surface area contributed by atoms with Crippen LogP contribution in [0, 0.1) is 17.8 Å². The van der Waals surface area contributed by atoms with Gasteiger partial charge in [0.15, 0.2) is 11.9 Å². The molecule has 190 valence electrons. The van der Waals surface area contributed by atoms with E-state index in [2.05, 4.69) is 32.4 Å². The zero-order valence-electron chi connectivity index (χ0n) is 21.0. The molecule has 1 rings (SSSR count). The van der Waals surface area contributed by atoms with Gasteiger partial charge in [-0.1, -0.05) is 78.2 Å². The van der Waals surface area contributed by atoms with Crippen molar-refractivity contribution in [2.75, 3.05) is 6.61 Å². The lowest BCUT2D eigenvalue weighted by atomic mass is 9.91. The maximum atomic E-state index is 12.0. The Morgan fingerprint density at radius 1 is 1.00 bits per heavy atom. The Balaban J connectivity index is 2.19. The maximum absolute atomic E-state index is 12.0. The second-order valence-corrected chi connectivity index (χ2v) is 10.1. The molecule has 0 aromatic heterocycles. The second kappa shape index (κ2) is 15.0. The Kier molecular flexibility index (Phi) is 13.2. The number of cyclic esters (lactones) is 1. The molecule has 1 heterocycles. The van der Waals surface area contributed by atoms with Gasteiger partial charge in [0, 0.05) is 6.08 Å². The minimum atomic E-state index is -1.46. The number of carbonyl (C=O) groups excluding carboxylic acids is 2. The van der Waals surface area contributed by atoms with Crippen LogP contribution in [-0.4, -0.2) is 46.1 Å². The maximum Gasteiger partial charge on any atom is 0.377 e. The molecule has 4 unspecified atom stereocenters. The van der Waals surface area contributed by atoms with Crippen LogP contribution in [0.15, 0.2) is 23.2 Å². The molecule has 0 fully saturated rings. The number of hydrogen-bond donors (Lipinski definition) is 3. The van der Waals surface area contributed by atoms with Gasteiger partial charge >= 0.3 is 11.9 Å². The fourth-order valence-corrected chi connectivity index (χ4v) is 4.00. The van der Waals surface area contributed by atoms with Crippen molar-refractivity contribution in [3.8, 4) is 0 Å². The number of ether oxygens (including phenoxy) is 2. The van der Waals surface area contributed by atoms with E-state index in [1.807, 2.05) is 6.92 Å². The summed E-state index contributed by atoms with van der Waals surface area (Å²) < 4.78 is 9.61. The van der Waals surface area contributed by atoms with E-state index in [1.165, 1.54) is 44.6 Å². The van der Waals surface area contributed by atoms with Gasteiger partial charge in [-0.15, -0.1) is 0 Å². The molecule has 0 aliphatic carbocycles. The van der Waals surface area contributed by atoms with Crippen LogP contribution in [0.25, 0.3) is 0 Å². The highest BCUT2D eigenvalue weighted by molar-refractivity contribution is 5.89. The van der Waals surface area contributed by atoms with Crippen molar-refractivity contribution in [3.63, 3.8) is 0 Å². The lowest BCUT2D eigenvalue weighted by Gasteiger charge is -2.16. The van der Waals surface area contributed by atoms with Crippen LogP contribution in [0.5, 0.6) is 0 Å². The van der Waals surface area contributed by atoms with Crippen molar-refractivity contribution in [2.24, 2.45) is 17.8 Å². The van der Waals surface area contributed by atoms with E-state index in [0.29, 0.717) is 5.92 Å². The topological polar surface area (TPSA) is 113 Å². The average molecular weight is 469 g/mol. The average Bonchev–Trinajstić information content (AvgIpc) is 2.99. The van der Waals surface area contributed by atoms with Crippen molar-refractivity contribution >= 4 is 11.9 Å². The Morgan fingerprint density at radius 2 is 1.55 bits per heavy atom. The van der Waals surface area contributed by atoms with Crippen molar-refractivity contribution < 1.29 is 34.4 Å². The molecular weight excluding hydrogens is 424 g/mol. The van der Waals surface area contributed by atoms with Gasteiger partial charge in [0.2, 0.25) is 5.76 Å². The van der Waals surface area contributed by atoms with E-state index < -0.39 is 42.3 Å². The van der Waals surface area contributed by atoms with Crippen molar-refractivity contribution in [3.05, 3.63) is 23.2 Å². The van der Waals surface area contributed by atoms with Gasteiger partial charge in [-0.05, 0) is 37.5 Å². The van der Waals surface area contributed by atoms with Gasteiger partial charge < -0.3 is 24.8 Å². The SMILES string of the molecule is C/C(=C\C(=O)OCC(O)C1OC(=O)C(O)=C1O)CCCC(C)CCCC(C)CCCC(C)C. The smallest absolute Gasteiger partial charge is 0.377 e. The summed E-state index contributed by atoms with van der Waals surface area (Å²) in [4.78, 5) is 23.1. The predicted molar refractivity (Wildman–Crippen MR) is 128 cm³/mol. The summed E-state index contributed by atoms with van der Waals surface area (Å²) >= 11 is 0. The summed E-state index contributed by atoms with van der Waals surface area (Å²) in [5.74, 6) is -1.17. The van der Waals surface area contributed by atoms with Crippen molar-refractivity contribution in [2.45, 2.75) is 105 Å². The standard InChI is InChI=1S/C26H44O7/c1-17(2)9-6-10-18(3)11-7-12-19(4)13-8-14-20(5)15-22(28)32-16-21(27)25-23(29)24(30)26(31)33-25/h15,17-19,21,25,27,29-30H,6-14,16H2,1-5H3/b20-15+. The summed E-state index contributed by atoms with van der Waals surface area (Å²) in [6, 6.07) is 0. The van der Waals surface area contributed by atoms with Crippen LogP contribution in [0.2, 0.25) is 0 Å². The van der Waals surface area contributed by atoms with Gasteiger partial charge in [-0.3, -0.25) is 0 Å². The molecule has 0 bridgehead atoms. The first-order valence-electron chi connectivity index (χ1n) is 12.4. The molecule has 0 saturated heterocycles. The van der Waals surface area contributed by atoms with E-state index in [4.69, 9.17) is 4.74 Å². The molecule has 4 atom stereocenters. The molecule has 0 aromatic carbocycles. The lowest BCUT2D eigenvalue weighted by Crippen LogP contribution is -2.33. The molecule has 33 heavy (non-hydrogen) atoms. The predicted octanol–water partition coefficient (Wildman–Crippen LogP) is 5.53. The summed E-state index contributed by atoms with van der Waals surface area (Å²) in [5.41, 5.74) is 0.896. The number of hydrogen-bond acceptors (Lipinski definition) is 7. The number of rotatable bonds is 16. The minimum Gasteiger partial charge on any atom is -0.505 e. The molecule has 0 spiro atoms. The van der Waals surface area contributed by atoms with Gasteiger partial charge in [0.05, 0.1) is 0 Å². The van der Waals surface area contributed by atoms with Gasteiger partial charge in [0.25, 0.3) is 0 Å². The first-order valence-corrected chi connectivity index (χ1v) is 12.4. The summed E-state index contributed by atoms with van der Waals surface area (Å²) in [6.07, 6.45) is 9.20. The highest BCUT2D eigenvalue weighted by atomic mass is 16.6. The van der Waals surface area contributed by atoms with Crippen molar-refractivity contribution in [1.82, 2.24) is 0 Å². The molecule has 7 nitrogen and oxygen atoms in total. The minimum absolute atomic E-state index is 0.467. The van der Waals surface area contributed by atoms with E-state index in [9.17, 15) is 24.9 Å². The molecule has 3 N–H and O–H groups in total. The third kappa shape index (κ3) is 11.6. The fourth-order valence-electron chi connectivity index (χ4n) is 4.00. The van der Waals surface area contributed by atoms with Gasteiger partial charge in [0.1, 0.15) is 12.7 Å². The molecule has 1 aliphatic rings. The third-order valence-electron chi connectivity index (χ3n) is 6.19. The third-order valence-corrected chi connectivity index (χ3v) is 6.19. The Hall–Kier alpha value is -2.02. The molecular formula is C26H44O7. The number of carbonyl (C=O) groups is 2. The number of allylic oxidation sites excluding steroid dienone is 1. The molecule has 0 aromatic rings. The number of aliphatic hydroxyl groups is 3. The quantitative estimate of drug-likeness (QED) is 0.202. The van der Waals surface area contributed by atoms with Crippen LogP contribution in [-0.2, 0) is 19.1 Å². The first kappa shape index (κ1) is 29.0. The molecule has 0 amide bonds. The van der Waals surface area contributed by atoms with Gasteiger partial charge in [-0.2, -0.15) is 0 Å². The monoisotopic (exact) mass is 468 g/mol. The summed E-state index contributed by atoms with van der Waals surface area (Å²) in [5, 5.41) is 28.7. The van der Waals surface area contributed by atoms with E-state index in [1.54, 1.807) is 0 Å². The number of aliphatic hydroxyl groups excluding tert-OH is 3. The Bertz CT molecular complexity index is 680. The van der Waals surface area contributed by atoms with Crippen LogP contribution < -0.4 is 0 Å². The zero-order chi connectivity index (χ0) is 25.0. The lowest BCUT2D eigenvalue weighted by molar-refractivity contribution is -0.151. The number of esters is 2. The van der Waals surface area contributed by atoms with Crippen LogP contribution in [0.4, 0.5) is 0 Å².